The Morgan fingerprint density at radius 2 is 1.91 bits per heavy atom. The number of nitrogens with zero attached hydrogens (tertiary/aromatic N) is 1. The summed E-state index contributed by atoms with van der Waals surface area (Å²) in [5.74, 6) is 2.02. The van der Waals surface area contributed by atoms with Crippen LogP contribution >= 0.6 is 0 Å². The standard InChI is InChI=1S/C25H32F3N3O3/c1-33-20-8-16(9-20)24(32)30-23-11-29-22-3-2-19(10-21(22)23)34-5-4-15-6-17-12-31(13-18(17)7-15)14-25(26,27)28/h2-3,10-11,15-18,20,29H,4-9,12-14H2,1H3,(H,30,32)/t15?,16?,17-,18+,20?. The highest BCUT2D eigenvalue weighted by Crippen LogP contribution is 2.43. The molecule has 1 amide bonds. The number of H-pyrrole nitrogens is 1. The minimum atomic E-state index is -4.11. The van der Waals surface area contributed by atoms with Gasteiger partial charge in [0.1, 0.15) is 5.75 Å². The normalized spacial score (nSPS) is 29.2. The summed E-state index contributed by atoms with van der Waals surface area (Å²) in [4.78, 5) is 17.3. The first kappa shape index (κ1) is 23.5. The zero-order chi connectivity index (χ0) is 23.9. The maximum atomic E-state index is 12.6. The number of nitrogens with one attached hydrogen (secondary N) is 2. The lowest BCUT2D eigenvalue weighted by molar-refractivity contribution is -0.144. The molecule has 3 atom stereocenters. The average Bonchev–Trinajstić information content (AvgIpc) is 3.39. The lowest BCUT2D eigenvalue weighted by Crippen LogP contribution is -2.38. The summed E-state index contributed by atoms with van der Waals surface area (Å²) in [6.07, 6.45) is 2.25. The first-order valence-corrected chi connectivity index (χ1v) is 12.1. The van der Waals surface area contributed by atoms with Crippen LogP contribution in [0.15, 0.2) is 24.4 Å². The lowest BCUT2D eigenvalue weighted by atomic mass is 9.81. The number of carbonyl (C=O) groups excluding carboxylic acids is 1. The molecule has 2 aromatic rings. The summed E-state index contributed by atoms with van der Waals surface area (Å²) in [6, 6.07) is 5.80. The van der Waals surface area contributed by atoms with E-state index >= 15 is 0 Å². The minimum Gasteiger partial charge on any atom is -0.494 e. The topological polar surface area (TPSA) is 66.6 Å². The zero-order valence-corrected chi connectivity index (χ0v) is 19.4. The van der Waals surface area contributed by atoms with Gasteiger partial charge in [0.05, 0.1) is 24.9 Å². The number of alkyl halides is 3. The quantitative estimate of drug-likeness (QED) is 0.570. The van der Waals surface area contributed by atoms with Crippen molar-refractivity contribution in [3.63, 3.8) is 0 Å². The molecule has 1 unspecified atom stereocenters. The summed E-state index contributed by atoms with van der Waals surface area (Å²) < 4.78 is 49.2. The summed E-state index contributed by atoms with van der Waals surface area (Å²) in [6.45, 7) is 0.918. The zero-order valence-electron chi connectivity index (χ0n) is 19.4. The van der Waals surface area contributed by atoms with Gasteiger partial charge >= 0.3 is 6.18 Å². The number of hydrogen-bond donors (Lipinski definition) is 2. The number of halogens is 3. The van der Waals surface area contributed by atoms with Gasteiger partial charge in [-0.25, -0.2) is 0 Å². The van der Waals surface area contributed by atoms with E-state index in [1.165, 1.54) is 0 Å². The monoisotopic (exact) mass is 479 g/mol. The van der Waals surface area contributed by atoms with Gasteiger partial charge in [-0.05, 0) is 68.1 Å². The molecule has 6 nitrogen and oxygen atoms in total. The summed E-state index contributed by atoms with van der Waals surface area (Å²) >= 11 is 0. The number of anilines is 1. The van der Waals surface area contributed by atoms with Crippen LogP contribution in [-0.2, 0) is 9.53 Å². The highest BCUT2D eigenvalue weighted by Gasteiger charge is 2.43. The van der Waals surface area contributed by atoms with E-state index in [4.69, 9.17) is 9.47 Å². The van der Waals surface area contributed by atoms with Crippen molar-refractivity contribution < 1.29 is 27.4 Å². The van der Waals surface area contributed by atoms with Crippen molar-refractivity contribution in [2.24, 2.45) is 23.7 Å². The third-order valence-electron chi connectivity index (χ3n) is 7.83. The van der Waals surface area contributed by atoms with E-state index in [0.29, 0.717) is 37.5 Å². The number of carbonyl (C=O) groups is 1. The smallest absolute Gasteiger partial charge is 0.401 e. The second-order valence-corrected chi connectivity index (χ2v) is 10.2. The number of aromatic nitrogens is 1. The molecule has 3 aliphatic rings. The fraction of sp³-hybridized carbons (Fsp3) is 0.640. The van der Waals surface area contributed by atoms with Gasteiger partial charge in [-0.3, -0.25) is 9.69 Å². The molecule has 3 fully saturated rings. The fourth-order valence-electron chi connectivity index (χ4n) is 5.98. The Morgan fingerprint density at radius 3 is 2.59 bits per heavy atom. The minimum absolute atomic E-state index is 0.0132. The summed E-state index contributed by atoms with van der Waals surface area (Å²) in [7, 11) is 1.67. The first-order chi connectivity index (χ1) is 16.3. The van der Waals surface area contributed by atoms with Gasteiger partial charge in [-0.2, -0.15) is 13.2 Å². The van der Waals surface area contributed by atoms with Crippen LogP contribution in [0.3, 0.4) is 0 Å². The molecule has 5 rings (SSSR count). The van der Waals surface area contributed by atoms with Crippen molar-refractivity contribution in [2.75, 3.05) is 38.7 Å². The van der Waals surface area contributed by atoms with E-state index in [9.17, 15) is 18.0 Å². The van der Waals surface area contributed by atoms with E-state index in [2.05, 4.69) is 10.3 Å². The molecule has 1 aromatic heterocycles. The Labute approximate surface area is 197 Å². The van der Waals surface area contributed by atoms with Crippen LogP contribution in [0, 0.1) is 23.7 Å². The highest BCUT2D eigenvalue weighted by molar-refractivity contribution is 6.03. The Balaban J connectivity index is 1.10. The van der Waals surface area contributed by atoms with E-state index in [-0.39, 0.29) is 17.9 Å². The molecular weight excluding hydrogens is 447 g/mol. The predicted molar refractivity (Wildman–Crippen MR) is 123 cm³/mol. The largest absolute Gasteiger partial charge is 0.494 e. The number of benzene rings is 1. The number of methoxy groups -OCH3 is 1. The average molecular weight is 480 g/mol. The molecule has 0 spiro atoms. The van der Waals surface area contributed by atoms with Crippen LogP contribution in [0.4, 0.5) is 18.9 Å². The Morgan fingerprint density at radius 1 is 1.18 bits per heavy atom. The van der Waals surface area contributed by atoms with Gasteiger partial charge in [0, 0.05) is 43.2 Å². The lowest BCUT2D eigenvalue weighted by Gasteiger charge is -2.32. The number of amides is 1. The van der Waals surface area contributed by atoms with Crippen molar-refractivity contribution >= 4 is 22.5 Å². The molecule has 34 heavy (non-hydrogen) atoms. The Hall–Kier alpha value is -2.26. The number of aromatic amines is 1. The summed E-state index contributed by atoms with van der Waals surface area (Å²) in [5.41, 5.74) is 1.68. The molecule has 2 N–H and O–H groups in total. The fourth-order valence-corrected chi connectivity index (χ4v) is 5.98. The number of hydrogen-bond acceptors (Lipinski definition) is 4. The van der Waals surface area contributed by atoms with Crippen molar-refractivity contribution in [3.8, 4) is 5.75 Å². The van der Waals surface area contributed by atoms with Crippen molar-refractivity contribution in [3.05, 3.63) is 24.4 Å². The van der Waals surface area contributed by atoms with Crippen molar-refractivity contribution in [2.45, 2.75) is 44.4 Å². The molecule has 0 bridgehead atoms. The van der Waals surface area contributed by atoms with Gasteiger partial charge in [0.25, 0.3) is 0 Å². The summed E-state index contributed by atoms with van der Waals surface area (Å²) in [5, 5.41) is 3.93. The third-order valence-corrected chi connectivity index (χ3v) is 7.83. The maximum absolute atomic E-state index is 12.6. The van der Waals surface area contributed by atoms with Crippen LogP contribution in [0.5, 0.6) is 5.75 Å². The van der Waals surface area contributed by atoms with Crippen LogP contribution < -0.4 is 10.1 Å². The van der Waals surface area contributed by atoms with E-state index in [1.807, 2.05) is 18.2 Å². The second kappa shape index (κ2) is 9.41. The van der Waals surface area contributed by atoms with Crippen LogP contribution in [0.1, 0.15) is 32.1 Å². The van der Waals surface area contributed by atoms with Gasteiger partial charge in [0.2, 0.25) is 5.91 Å². The van der Waals surface area contributed by atoms with E-state index in [1.54, 1.807) is 18.2 Å². The molecule has 186 valence electrons. The van der Waals surface area contributed by atoms with Gasteiger partial charge < -0.3 is 19.8 Å². The van der Waals surface area contributed by atoms with Crippen LogP contribution in [0.25, 0.3) is 10.9 Å². The number of ether oxygens (including phenoxy) is 2. The van der Waals surface area contributed by atoms with Crippen LogP contribution in [0.2, 0.25) is 0 Å². The third kappa shape index (κ3) is 5.20. The van der Waals surface area contributed by atoms with Crippen molar-refractivity contribution in [1.29, 1.82) is 0 Å². The second-order valence-electron chi connectivity index (χ2n) is 10.2. The maximum Gasteiger partial charge on any atom is 0.401 e. The highest BCUT2D eigenvalue weighted by atomic mass is 19.4. The molecule has 1 saturated heterocycles. The van der Waals surface area contributed by atoms with Gasteiger partial charge in [-0.1, -0.05) is 0 Å². The molecule has 2 aliphatic carbocycles. The number of likely N-dealkylation sites (tertiary alicyclic amines) is 1. The molecule has 9 heteroatoms. The van der Waals surface area contributed by atoms with Crippen molar-refractivity contribution in [1.82, 2.24) is 9.88 Å². The molecule has 2 heterocycles. The molecular formula is C25H32F3N3O3. The Kier molecular flexibility index (Phi) is 6.50. The van der Waals surface area contributed by atoms with Gasteiger partial charge in [-0.15, -0.1) is 0 Å². The number of rotatable bonds is 8. The van der Waals surface area contributed by atoms with Crippen LogP contribution in [-0.4, -0.2) is 61.4 Å². The predicted octanol–water partition coefficient (Wildman–Crippen LogP) is 4.82. The van der Waals surface area contributed by atoms with E-state index in [0.717, 1.165) is 54.4 Å². The molecule has 1 aliphatic heterocycles. The molecule has 2 saturated carbocycles. The Bertz CT molecular complexity index is 1000. The van der Waals surface area contributed by atoms with Gasteiger partial charge in [0.15, 0.2) is 0 Å². The SMILES string of the molecule is COC1CC(C(=O)Nc2c[nH]c3ccc(OCCC4C[C@@H]5CN(CC(F)(F)F)C[C@@H]5C4)cc23)C1. The molecule has 0 radical (unpaired) electrons. The number of fused-ring (bicyclic) bond motifs is 2. The van der Waals surface area contributed by atoms with E-state index < -0.39 is 12.7 Å². The molecule has 1 aromatic carbocycles. The first-order valence-electron chi connectivity index (χ1n) is 12.1.